The number of fused-ring (bicyclic) bond motifs is 1. The van der Waals surface area contributed by atoms with Crippen molar-refractivity contribution in [1.82, 2.24) is 4.90 Å². The lowest BCUT2D eigenvalue weighted by molar-refractivity contribution is -0.120. The maximum Gasteiger partial charge on any atom is 0.316 e. The lowest BCUT2D eigenvalue weighted by Crippen LogP contribution is -2.47. The minimum atomic E-state index is -0.669. The number of nitrogens with zero attached hydrogens (tertiary/aromatic N) is 1. The highest BCUT2D eigenvalue weighted by Crippen LogP contribution is 2.40. The number of primary amides is 1. The van der Waals surface area contributed by atoms with Crippen LogP contribution in [0.15, 0.2) is 54.6 Å². The van der Waals surface area contributed by atoms with Gasteiger partial charge in [-0.15, -0.1) is 0 Å². The van der Waals surface area contributed by atoms with Gasteiger partial charge in [-0.2, -0.15) is 0 Å². The third kappa shape index (κ3) is 4.15. The van der Waals surface area contributed by atoms with E-state index in [1.807, 2.05) is 18.2 Å². The first-order chi connectivity index (χ1) is 14.5. The molecule has 0 radical (unpaired) electrons. The Morgan fingerprint density at radius 2 is 1.60 bits per heavy atom. The molecule has 1 saturated carbocycles. The quantitative estimate of drug-likeness (QED) is 0.723. The monoisotopic (exact) mass is 406 g/mol. The van der Waals surface area contributed by atoms with Crippen LogP contribution in [0.5, 0.6) is 0 Å². The second-order valence-electron chi connectivity index (χ2n) is 8.00. The number of anilines is 2. The molecule has 0 aromatic heterocycles. The van der Waals surface area contributed by atoms with Crippen LogP contribution in [0.2, 0.25) is 0 Å². The predicted octanol–water partition coefficient (Wildman–Crippen LogP) is 3.59. The molecule has 1 heterocycles. The fourth-order valence-corrected chi connectivity index (χ4v) is 4.76. The first-order valence-corrected chi connectivity index (χ1v) is 10.4. The van der Waals surface area contributed by atoms with E-state index in [-0.39, 0.29) is 17.9 Å². The average molecular weight is 406 g/mol. The molecule has 4 N–H and O–H groups in total. The van der Waals surface area contributed by atoms with Crippen LogP contribution >= 0.6 is 0 Å². The van der Waals surface area contributed by atoms with Gasteiger partial charge in [0.15, 0.2) is 0 Å². The number of amides is 4. The molecule has 4 amide bonds. The van der Waals surface area contributed by atoms with Crippen LogP contribution in [0.3, 0.4) is 0 Å². The minimum absolute atomic E-state index is 0.0886. The van der Waals surface area contributed by atoms with Crippen molar-refractivity contribution >= 4 is 29.2 Å². The van der Waals surface area contributed by atoms with Crippen LogP contribution in [0.25, 0.3) is 0 Å². The molecular weight excluding hydrogens is 380 g/mol. The highest BCUT2D eigenvalue weighted by molar-refractivity contribution is 6.02. The van der Waals surface area contributed by atoms with Crippen LogP contribution < -0.4 is 16.4 Å². The second-order valence-corrected chi connectivity index (χ2v) is 8.00. The molecule has 2 aromatic rings. The molecule has 1 aliphatic heterocycles. The lowest BCUT2D eigenvalue weighted by atomic mass is 9.84. The summed E-state index contributed by atoms with van der Waals surface area (Å²) in [6.07, 6.45) is 4.88. The fourth-order valence-electron chi connectivity index (χ4n) is 4.76. The molecule has 1 aliphatic carbocycles. The van der Waals surface area contributed by atoms with Gasteiger partial charge in [-0.25, -0.2) is 4.79 Å². The van der Waals surface area contributed by atoms with Crippen LogP contribution in [-0.2, 0) is 4.79 Å². The van der Waals surface area contributed by atoms with Crippen molar-refractivity contribution in [1.29, 1.82) is 0 Å². The van der Waals surface area contributed by atoms with Crippen molar-refractivity contribution in [3.8, 4) is 0 Å². The van der Waals surface area contributed by atoms with E-state index in [0.29, 0.717) is 29.3 Å². The summed E-state index contributed by atoms with van der Waals surface area (Å²) in [5.41, 5.74) is 6.82. The summed E-state index contributed by atoms with van der Waals surface area (Å²) in [5.74, 6) is 0.0595. The second kappa shape index (κ2) is 8.57. The Kier molecular flexibility index (Phi) is 5.70. The third-order valence-electron chi connectivity index (χ3n) is 6.04. The van der Waals surface area contributed by atoms with E-state index in [9.17, 15) is 14.4 Å². The van der Waals surface area contributed by atoms with E-state index < -0.39 is 12.1 Å². The molecule has 2 fully saturated rings. The van der Waals surface area contributed by atoms with Gasteiger partial charge < -0.3 is 21.3 Å². The van der Waals surface area contributed by atoms with Crippen LogP contribution in [0, 0.1) is 5.92 Å². The van der Waals surface area contributed by atoms with E-state index in [0.717, 1.165) is 25.7 Å². The van der Waals surface area contributed by atoms with Gasteiger partial charge in [0.25, 0.3) is 5.91 Å². The van der Waals surface area contributed by atoms with Crippen molar-refractivity contribution < 1.29 is 14.4 Å². The predicted molar refractivity (Wildman–Crippen MR) is 115 cm³/mol. The molecule has 7 nitrogen and oxygen atoms in total. The number of hydrogen-bond acceptors (Lipinski definition) is 3. The summed E-state index contributed by atoms with van der Waals surface area (Å²) in [5, 5.41) is 5.42. The number of hydrogen-bond donors (Lipinski definition) is 3. The normalized spacial score (nSPS) is 22.8. The van der Waals surface area contributed by atoms with Crippen molar-refractivity contribution in [3.05, 3.63) is 60.2 Å². The summed E-state index contributed by atoms with van der Waals surface area (Å²) in [6, 6.07) is 14.9. The molecule has 3 atom stereocenters. The summed E-state index contributed by atoms with van der Waals surface area (Å²) < 4.78 is 0. The third-order valence-corrected chi connectivity index (χ3v) is 6.04. The lowest BCUT2D eigenvalue weighted by Gasteiger charge is -2.33. The van der Waals surface area contributed by atoms with Crippen LogP contribution in [-0.4, -0.2) is 34.8 Å². The van der Waals surface area contributed by atoms with E-state index in [4.69, 9.17) is 5.73 Å². The molecular formula is C23H26N4O3. The van der Waals surface area contributed by atoms with Crippen LogP contribution in [0.4, 0.5) is 16.2 Å². The maximum absolute atomic E-state index is 13.3. The molecule has 0 bridgehead atoms. The zero-order chi connectivity index (χ0) is 21.1. The number of nitrogens with one attached hydrogen (secondary N) is 2. The molecule has 0 spiro atoms. The highest BCUT2D eigenvalue weighted by atomic mass is 16.2. The Morgan fingerprint density at radius 1 is 0.900 bits per heavy atom. The Labute approximate surface area is 175 Å². The Morgan fingerprint density at radius 3 is 2.33 bits per heavy atom. The fraction of sp³-hybridized carbons (Fsp3) is 0.348. The van der Waals surface area contributed by atoms with Gasteiger partial charge in [0, 0.05) is 23.0 Å². The van der Waals surface area contributed by atoms with E-state index in [1.165, 1.54) is 0 Å². The Bertz CT molecular complexity index is 946. The standard InChI is InChI=1S/C23H26N4O3/c24-23(30)26-18-11-6-10-17(14-18)25-21(28)20-13-16-9-4-5-12-19(16)27(20)22(29)15-7-2-1-3-8-15/h1-3,6-8,10-11,14,16,19-20H,4-5,9,12-13H2,(H,25,28)(H3,24,26,30). The van der Waals surface area contributed by atoms with Gasteiger partial charge in [0.2, 0.25) is 5.91 Å². The average Bonchev–Trinajstić information content (AvgIpc) is 3.13. The molecule has 3 unspecified atom stereocenters. The number of likely N-dealkylation sites (tertiary alicyclic amines) is 1. The number of nitrogens with two attached hydrogens (primary N) is 1. The summed E-state index contributed by atoms with van der Waals surface area (Å²) >= 11 is 0. The van der Waals surface area contributed by atoms with Crippen molar-refractivity contribution in [2.45, 2.75) is 44.2 Å². The largest absolute Gasteiger partial charge is 0.351 e. The SMILES string of the molecule is NC(=O)Nc1cccc(NC(=O)C2CC3CCCCC3N2C(=O)c2ccccc2)c1. The number of benzene rings is 2. The molecule has 30 heavy (non-hydrogen) atoms. The van der Waals surface area contributed by atoms with Gasteiger partial charge in [-0.3, -0.25) is 9.59 Å². The summed E-state index contributed by atoms with van der Waals surface area (Å²) in [6.45, 7) is 0. The smallest absolute Gasteiger partial charge is 0.316 e. The molecule has 2 aliphatic rings. The maximum atomic E-state index is 13.3. The number of carbonyl (C=O) groups is 3. The van der Waals surface area contributed by atoms with Gasteiger partial charge in [-0.05, 0) is 55.5 Å². The van der Waals surface area contributed by atoms with Crippen molar-refractivity contribution in [3.63, 3.8) is 0 Å². The van der Waals surface area contributed by atoms with Crippen molar-refractivity contribution in [2.24, 2.45) is 11.7 Å². The van der Waals surface area contributed by atoms with E-state index in [1.54, 1.807) is 41.3 Å². The minimum Gasteiger partial charge on any atom is -0.351 e. The van der Waals surface area contributed by atoms with Gasteiger partial charge in [-0.1, -0.05) is 37.1 Å². The molecule has 1 saturated heterocycles. The first-order valence-electron chi connectivity index (χ1n) is 10.4. The Balaban J connectivity index is 1.57. The molecule has 2 aromatic carbocycles. The number of rotatable bonds is 4. The summed E-state index contributed by atoms with van der Waals surface area (Å²) in [7, 11) is 0. The van der Waals surface area contributed by atoms with E-state index >= 15 is 0 Å². The number of urea groups is 1. The van der Waals surface area contributed by atoms with E-state index in [2.05, 4.69) is 10.6 Å². The molecule has 7 heteroatoms. The molecule has 156 valence electrons. The van der Waals surface area contributed by atoms with Crippen molar-refractivity contribution in [2.75, 3.05) is 10.6 Å². The highest BCUT2D eigenvalue weighted by Gasteiger charge is 2.47. The van der Waals surface area contributed by atoms with Gasteiger partial charge in [0.05, 0.1) is 0 Å². The zero-order valence-corrected chi connectivity index (χ0v) is 16.7. The van der Waals surface area contributed by atoms with Gasteiger partial charge >= 0.3 is 6.03 Å². The topological polar surface area (TPSA) is 105 Å². The summed E-state index contributed by atoms with van der Waals surface area (Å²) in [4.78, 5) is 39.4. The Hall–Kier alpha value is -3.35. The van der Waals surface area contributed by atoms with Crippen LogP contribution in [0.1, 0.15) is 42.5 Å². The molecule has 4 rings (SSSR count). The first kappa shape index (κ1) is 19.9. The number of carbonyl (C=O) groups excluding carboxylic acids is 3. The van der Waals surface area contributed by atoms with Gasteiger partial charge in [0.1, 0.15) is 6.04 Å². The zero-order valence-electron chi connectivity index (χ0n) is 16.7.